The van der Waals surface area contributed by atoms with E-state index in [9.17, 15) is 30.0 Å². The number of nitrogens with zero attached hydrogens (tertiary/aromatic N) is 2. The topological polar surface area (TPSA) is 141 Å². The first-order chi connectivity index (χ1) is 20.7. The van der Waals surface area contributed by atoms with Crippen molar-refractivity contribution in [2.24, 2.45) is 0 Å². The molecule has 4 N–H and O–H groups in total. The van der Waals surface area contributed by atoms with Crippen molar-refractivity contribution >= 4 is 33.5 Å². The molecule has 4 aromatic carbocycles. The lowest BCUT2D eigenvalue weighted by Gasteiger charge is -2.16. The summed E-state index contributed by atoms with van der Waals surface area (Å²) in [6, 6.07) is 28.5. The van der Waals surface area contributed by atoms with Crippen molar-refractivity contribution in [3.63, 3.8) is 0 Å². The van der Waals surface area contributed by atoms with Gasteiger partial charge in [0.2, 0.25) is 0 Å². The minimum Gasteiger partial charge on any atom is -0.507 e. The van der Waals surface area contributed by atoms with E-state index in [1.807, 2.05) is 50.2 Å². The molecule has 0 saturated carbocycles. The van der Waals surface area contributed by atoms with Gasteiger partial charge in [-0.15, -0.1) is 0 Å². The fourth-order valence-electron chi connectivity index (χ4n) is 4.58. The summed E-state index contributed by atoms with van der Waals surface area (Å²) >= 11 is 0. The summed E-state index contributed by atoms with van der Waals surface area (Å²) in [5, 5.41) is 42.8. The van der Waals surface area contributed by atoms with Crippen LogP contribution < -0.4 is 0 Å². The van der Waals surface area contributed by atoms with Crippen LogP contribution in [0.4, 0.5) is 0 Å². The minimum atomic E-state index is -1.28. The molecular formula is C35H30N2O6. The molecule has 0 saturated heterocycles. The van der Waals surface area contributed by atoms with E-state index in [2.05, 4.69) is 9.97 Å². The fourth-order valence-corrected chi connectivity index (χ4v) is 4.58. The fraction of sp³-hybridized carbons (Fsp3) is 0.0857. The molecule has 0 unspecified atom stereocenters. The number of aryl methyl sites for hydroxylation is 2. The van der Waals surface area contributed by atoms with Crippen LogP contribution in [0.3, 0.4) is 0 Å². The van der Waals surface area contributed by atoms with Crippen molar-refractivity contribution in [1.82, 2.24) is 9.97 Å². The summed E-state index contributed by atoms with van der Waals surface area (Å²) in [6.07, 6.45) is 3.53. The first-order valence-corrected chi connectivity index (χ1v) is 13.4. The monoisotopic (exact) mass is 574 g/mol. The number of hydrogen-bond donors (Lipinski definition) is 4. The molecule has 0 bridgehead atoms. The van der Waals surface area contributed by atoms with Gasteiger partial charge in [-0.25, -0.2) is 9.59 Å². The lowest BCUT2D eigenvalue weighted by atomic mass is 9.90. The van der Waals surface area contributed by atoms with Gasteiger partial charge in [-0.2, -0.15) is 0 Å². The van der Waals surface area contributed by atoms with Crippen LogP contribution in [0.2, 0.25) is 0 Å². The van der Waals surface area contributed by atoms with Gasteiger partial charge in [0, 0.05) is 41.3 Å². The molecule has 8 nitrogen and oxygen atoms in total. The Balaban J connectivity index is 0.000000246. The molecule has 0 aliphatic rings. The van der Waals surface area contributed by atoms with Crippen molar-refractivity contribution in [3.05, 3.63) is 143 Å². The molecule has 0 atom stereocenters. The van der Waals surface area contributed by atoms with Crippen LogP contribution in [0, 0.1) is 13.8 Å². The van der Waals surface area contributed by atoms with Gasteiger partial charge in [0.1, 0.15) is 22.6 Å². The number of fused-ring (bicyclic) bond motifs is 2. The quantitative estimate of drug-likeness (QED) is 0.174. The molecule has 2 heterocycles. The van der Waals surface area contributed by atoms with Crippen molar-refractivity contribution in [1.29, 1.82) is 0 Å². The molecule has 43 heavy (non-hydrogen) atoms. The van der Waals surface area contributed by atoms with Gasteiger partial charge in [0.25, 0.3) is 0 Å². The normalized spacial score (nSPS) is 10.3. The second-order valence-corrected chi connectivity index (χ2v) is 9.67. The summed E-state index contributed by atoms with van der Waals surface area (Å²) in [6.45, 7) is 3.94. The zero-order valence-electron chi connectivity index (χ0n) is 23.6. The minimum absolute atomic E-state index is 0.0407. The highest BCUT2D eigenvalue weighted by atomic mass is 16.4. The number of phenols is 2. The van der Waals surface area contributed by atoms with Crippen molar-refractivity contribution in [2.75, 3.05) is 0 Å². The van der Waals surface area contributed by atoms with Gasteiger partial charge >= 0.3 is 11.9 Å². The average molecular weight is 575 g/mol. The third kappa shape index (κ3) is 7.31. The summed E-state index contributed by atoms with van der Waals surface area (Å²) < 4.78 is 0. The van der Waals surface area contributed by atoms with Gasteiger partial charge in [-0.1, -0.05) is 60.7 Å². The van der Waals surface area contributed by atoms with Crippen LogP contribution >= 0.6 is 0 Å². The number of carbonyl (C=O) groups is 2. The molecule has 6 rings (SSSR count). The van der Waals surface area contributed by atoms with E-state index >= 15 is 0 Å². The maximum atomic E-state index is 11.6. The van der Waals surface area contributed by atoms with Gasteiger partial charge in [-0.05, 0) is 71.8 Å². The van der Waals surface area contributed by atoms with Crippen molar-refractivity contribution < 1.29 is 30.0 Å². The number of pyridine rings is 2. The lowest BCUT2D eigenvalue weighted by Crippen LogP contribution is -2.04. The molecule has 8 heteroatoms. The summed E-state index contributed by atoms with van der Waals surface area (Å²) in [5.41, 5.74) is 2.26. The summed E-state index contributed by atoms with van der Waals surface area (Å²) in [5.74, 6) is -3.36. The number of rotatable bonds is 4. The van der Waals surface area contributed by atoms with Gasteiger partial charge in [0.05, 0.1) is 0 Å². The zero-order chi connectivity index (χ0) is 30.9. The smallest absolute Gasteiger partial charge is 0.339 e. The van der Waals surface area contributed by atoms with Crippen LogP contribution in [0.15, 0.2) is 109 Å². The Labute approximate surface area is 248 Å². The molecule has 0 fully saturated rings. The highest BCUT2D eigenvalue weighted by Gasteiger charge is 2.22. The van der Waals surface area contributed by atoms with E-state index in [0.717, 1.165) is 11.4 Å². The average Bonchev–Trinajstić information content (AvgIpc) is 3.00. The SMILES string of the molecule is Cc1ccccn1.Cc1ccccn1.O=C(O)c1cc2ccccc2c(Cc2c(O)c(C(=O)O)cc3ccccc23)c1O. The van der Waals surface area contributed by atoms with Crippen LogP contribution in [0.5, 0.6) is 11.5 Å². The Morgan fingerprint density at radius 2 is 0.953 bits per heavy atom. The number of benzene rings is 4. The molecule has 0 spiro atoms. The molecule has 6 aromatic rings. The van der Waals surface area contributed by atoms with Crippen molar-refractivity contribution in [2.45, 2.75) is 20.3 Å². The number of carboxylic acid groups (broad SMARTS) is 2. The number of carboxylic acids is 2. The number of hydrogen-bond acceptors (Lipinski definition) is 6. The molecule has 0 radical (unpaired) electrons. The van der Waals surface area contributed by atoms with Gasteiger partial charge < -0.3 is 20.4 Å². The number of aromatic nitrogens is 2. The van der Waals surface area contributed by atoms with Gasteiger partial charge in [-0.3, -0.25) is 9.97 Å². The van der Waals surface area contributed by atoms with E-state index in [0.29, 0.717) is 32.7 Å². The predicted octanol–water partition coefficient (Wildman–Crippen LogP) is 7.17. The second kappa shape index (κ2) is 13.7. The van der Waals surface area contributed by atoms with Crippen LogP contribution in [0.1, 0.15) is 43.2 Å². The predicted molar refractivity (Wildman–Crippen MR) is 166 cm³/mol. The zero-order valence-corrected chi connectivity index (χ0v) is 23.6. The molecule has 0 aliphatic heterocycles. The molecule has 216 valence electrons. The first kappa shape index (κ1) is 30.2. The van der Waals surface area contributed by atoms with E-state index in [4.69, 9.17) is 0 Å². The molecular weight excluding hydrogens is 544 g/mol. The second-order valence-electron chi connectivity index (χ2n) is 9.67. The lowest BCUT2D eigenvalue weighted by molar-refractivity contribution is 0.0682. The van der Waals surface area contributed by atoms with Crippen LogP contribution in [-0.4, -0.2) is 42.3 Å². The van der Waals surface area contributed by atoms with Crippen molar-refractivity contribution in [3.8, 4) is 11.5 Å². The van der Waals surface area contributed by atoms with E-state index in [-0.39, 0.29) is 17.5 Å². The Bertz CT molecular complexity index is 1750. The highest BCUT2D eigenvalue weighted by molar-refractivity contribution is 6.02. The maximum Gasteiger partial charge on any atom is 0.339 e. The Kier molecular flexibility index (Phi) is 9.65. The van der Waals surface area contributed by atoms with E-state index in [1.165, 1.54) is 12.1 Å². The van der Waals surface area contributed by atoms with Gasteiger partial charge in [0.15, 0.2) is 0 Å². The Morgan fingerprint density at radius 3 is 1.26 bits per heavy atom. The largest absolute Gasteiger partial charge is 0.507 e. The molecule has 0 amide bonds. The third-order valence-electron chi connectivity index (χ3n) is 6.69. The highest BCUT2D eigenvalue weighted by Crippen LogP contribution is 2.38. The number of aromatic hydroxyl groups is 2. The third-order valence-corrected chi connectivity index (χ3v) is 6.69. The number of aromatic carboxylic acids is 2. The molecule has 0 aliphatic carbocycles. The summed E-state index contributed by atoms with van der Waals surface area (Å²) in [7, 11) is 0. The Hall–Kier alpha value is -5.76. The van der Waals surface area contributed by atoms with E-state index in [1.54, 1.807) is 60.9 Å². The van der Waals surface area contributed by atoms with Crippen LogP contribution in [0.25, 0.3) is 21.5 Å². The molecule has 2 aromatic heterocycles. The van der Waals surface area contributed by atoms with E-state index < -0.39 is 23.4 Å². The first-order valence-electron chi connectivity index (χ1n) is 13.4. The maximum absolute atomic E-state index is 11.6. The summed E-state index contributed by atoms with van der Waals surface area (Å²) in [4.78, 5) is 31.2. The van der Waals surface area contributed by atoms with Crippen LogP contribution in [-0.2, 0) is 6.42 Å². The Morgan fingerprint density at radius 1 is 0.581 bits per heavy atom. The standard InChI is InChI=1S/C23H16O6.2C6H7N/c24-20-16(14-7-3-1-5-12(14)9-18(20)22(26)27)11-17-15-8-4-2-6-13(15)10-19(21(17)25)23(28)29;2*1-6-4-2-3-5-7-6/h1-10,24-25H,11H2,(H,26,27)(H,28,29);2*2-5H,1H3.